The van der Waals surface area contributed by atoms with Crippen LogP contribution in [-0.2, 0) is 4.74 Å². The summed E-state index contributed by atoms with van der Waals surface area (Å²) in [6, 6.07) is 7.85. The van der Waals surface area contributed by atoms with Crippen molar-refractivity contribution in [1.29, 1.82) is 0 Å². The van der Waals surface area contributed by atoms with E-state index in [0.29, 0.717) is 0 Å². The molecule has 0 radical (unpaired) electrons. The van der Waals surface area contributed by atoms with E-state index in [2.05, 4.69) is 29.1 Å². The van der Waals surface area contributed by atoms with Crippen LogP contribution < -0.4 is 5.32 Å². The van der Waals surface area contributed by atoms with Crippen molar-refractivity contribution in [2.75, 3.05) is 11.9 Å². The van der Waals surface area contributed by atoms with Gasteiger partial charge >= 0.3 is 0 Å². The van der Waals surface area contributed by atoms with Crippen molar-refractivity contribution in [2.24, 2.45) is 0 Å². The van der Waals surface area contributed by atoms with Crippen molar-refractivity contribution >= 4 is 28.3 Å². The molecule has 2 atom stereocenters. The van der Waals surface area contributed by atoms with Crippen LogP contribution in [0.25, 0.3) is 10.9 Å². The Labute approximate surface area is 117 Å². The number of nitrogens with zero attached hydrogens (tertiary/aromatic N) is 2. The number of nitrogens with one attached hydrogen (secondary N) is 1. The Hall–Kier alpha value is -1.39. The summed E-state index contributed by atoms with van der Waals surface area (Å²) >= 11 is 6.00. The molecule has 1 saturated heterocycles. The molecule has 0 bridgehead atoms. The van der Waals surface area contributed by atoms with Gasteiger partial charge in [-0.2, -0.15) is 0 Å². The molecule has 19 heavy (non-hydrogen) atoms. The fourth-order valence-corrected chi connectivity index (χ4v) is 2.59. The maximum absolute atomic E-state index is 6.00. The van der Waals surface area contributed by atoms with Crippen molar-refractivity contribution in [3.05, 3.63) is 29.5 Å². The van der Waals surface area contributed by atoms with E-state index in [1.165, 1.54) is 0 Å². The highest BCUT2D eigenvalue weighted by atomic mass is 35.5. The highest BCUT2D eigenvalue weighted by Crippen LogP contribution is 2.31. The number of hydrogen-bond acceptors (Lipinski definition) is 4. The zero-order valence-electron chi connectivity index (χ0n) is 11.0. The normalized spacial score (nSPS) is 26.8. The molecular weight excluding hydrogens is 262 g/mol. The number of para-hydroxylation sites is 1. The van der Waals surface area contributed by atoms with Gasteiger partial charge in [0, 0.05) is 12.0 Å². The van der Waals surface area contributed by atoms with E-state index in [0.717, 1.165) is 29.7 Å². The van der Waals surface area contributed by atoms with Gasteiger partial charge in [-0.25, -0.2) is 9.97 Å². The molecule has 2 unspecified atom stereocenters. The lowest BCUT2D eigenvalue weighted by Gasteiger charge is -2.30. The van der Waals surface area contributed by atoms with Gasteiger partial charge in [-0.1, -0.05) is 12.1 Å². The molecule has 0 aliphatic carbocycles. The molecule has 5 heteroatoms. The van der Waals surface area contributed by atoms with Crippen LogP contribution in [0.15, 0.2) is 24.3 Å². The lowest BCUT2D eigenvalue weighted by Crippen LogP contribution is -2.41. The van der Waals surface area contributed by atoms with Gasteiger partial charge in [0.1, 0.15) is 5.82 Å². The predicted molar refractivity (Wildman–Crippen MR) is 76.6 cm³/mol. The minimum absolute atomic E-state index is 0.125. The summed E-state index contributed by atoms with van der Waals surface area (Å²) in [6.07, 6.45) is 1.09. The summed E-state index contributed by atoms with van der Waals surface area (Å²) in [4.78, 5) is 8.57. The summed E-state index contributed by atoms with van der Waals surface area (Å²) in [7, 11) is 0. The fourth-order valence-electron chi connectivity index (χ4n) is 2.41. The fraction of sp³-hybridized carbons (Fsp3) is 0.429. The van der Waals surface area contributed by atoms with Crippen LogP contribution in [0.5, 0.6) is 0 Å². The Morgan fingerprint density at radius 3 is 2.89 bits per heavy atom. The number of aromatic nitrogens is 2. The molecule has 1 N–H and O–H groups in total. The number of fused-ring (bicyclic) bond motifs is 1. The van der Waals surface area contributed by atoms with Crippen LogP contribution in [0.1, 0.15) is 20.3 Å². The van der Waals surface area contributed by atoms with Crippen molar-refractivity contribution < 1.29 is 4.74 Å². The predicted octanol–water partition coefficient (Wildman–Crippen LogP) is 3.26. The van der Waals surface area contributed by atoms with Crippen LogP contribution >= 0.6 is 11.6 Å². The summed E-state index contributed by atoms with van der Waals surface area (Å²) in [6.45, 7) is 4.99. The summed E-state index contributed by atoms with van der Waals surface area (Å²) < 4.78 is 5.64. The van der Waals surface area contributed by atoms with Crippen LogP contribution in [0.3, 0.4) is 0 Å². The molecule has 2 heterocycles. The van der Waals surface area contributed by atoms with Gasteiger partial charge in [0.15, 0.2) is 0 Å². The maximum Gasteiger partial charge on any atom is 0.224 e. The monoisotopic (exact) mass is 277 g/mol. The first-order valence-corrected chi connectivity index (χ1v) is 6.78. The first-order valence-electron chi connectivity index (χ1n) is 6.40. The second kappa shape index (κ2) is 4.62. The minimum Gasteiger partial charge on any atom is -0.376 e. The number of rotatable bonds is 2. The van der Waals surface area contributed by atoms with Gasteiger partial charge in [0.05, 0.1) is 17.2 Å². The lowest BCUT2D eigenvalue weighted by molar-refractivity contribution is 0.105. The Morgan fingerprint density at radius 2 is 2.16 bits per heavy atom. The number of anilines is 1. The Bertz CT molecular complexity index is 619. The molecule has 0 spiro atoms. The molecule has 2 aromatic rings. The van der Waals surface area contributed by atoms with Crippen LogP contribution in [0.4, 0.5) is 5.82 Å². The van der Waals surface area contributed by atoms with Crippen LogP contribution in [0.2, 0.25) is 5.28 Å². The Kier molecular flexibility index (Phi) is 3.07. The largest absolute Gasteiger partial charge is 0.376 e. The first kappa shape index (κ1) is 12.6. The molecule has 100 valence electrons. The maximum atomic E-state index is 6.00. The van der Waals surface area contributed by atoms with Gasteiger partial charge in [0.2, 0.25) is 5.28 Å². The van der Waals surface area contributed by atoms with Gasteiger partial charge < -0.3 is 10.1 Å². The number of ether oxygens (including phenoxy) is 1. The summed E-state index contributed by atoms with van der Waals surface area (Å²) in [5.74, 6) is 0.774. The third-order valence-electron chi connectivity index (χ3n) is 3.87. The van der Waals surface area contributed by atoms with Gasteiger partial charge in [0.25, 0.3) is 0 Å². The molecule has 1 fully saturated rings. The van der Waals surface area contributed by atoms with Crippen molar-refractivity contribution in [1.82, 2.24) is 9.97 Å². The Morgan fingerprint density at radius 1 is 1.37 bits per heavy atom. The molecule has 3 rings (SSSR count). The van der Waals surface area contributed by atoms with Gasteiger partial charge in [-0.3, -0.25) is 0 Å². The minimum atomic E-state index is -0.125. The second-order valence-electron chi connectivity index (χ2n) is 5.16. The highest BCUT2D eigenvalue weighted by Gasteiger charge is 2.37. The molecule has 4 nitrogen and oxygen atoms in total. The smallest absolute Gasteiger partial charge is 0.224 e. The quantitative estimate of drug-likeness (QED) is 0.856. The summed E-state index contributed by atoms with van der Waals surface area (Å²) in [5.41, 5.74) is 0.723. The second-order valence-corrected chi connectivity index (χ2v) is 5.50. The molecule has 0 amide bonds. The average molecular weight is 278 g/mol. The van der Waals surface area contributed by atoms with E-state index in [9.17, 15) is 0 Å². The average Bonchev–Trinajstić information content (AvgIpc) is 2.69. The lowest BCUT2D eigenvalue weighted by atomic mass is 9.94. The highest BCUT2D eigenvalue weighted by molar-refractivity contribution is 6.28. The van der Waals surface area contributed by atoms with E-state index in [1.54, 1.807) is 0 Å². The topological polar surface area (TPSA) is 47.0 Å². The zero-order chi connectivity index (χ0) is 13.5. The van der Waals surface area contributed by atoms with Gasteiger partial charge in [-0.05, 0) is 44.0 Å². The van der Waals surface area contributed by atoms with Crippen LogP contribution in [-0.4, -0.2) is 28.2 Å². The van der Waals surface area contributed by atoms with Crippen molar-refractivity contribution in [3.63, 3.8) is 0 Å². The third-order valence-corrected chi connectivity index (χ3v) is 4.04. The van der Waals surface area contributed by atoms with Crippen molar-refractivity contribution in [3.8, 4) is 0 Å². The number of benzene rings is 1. The molecule has 1 aromatic carbocycles. The number of hydrogen-bond donors (Lipinski definition) is 1. The molecular formula is C14H16ClN3O. The van der Waals surface area contributed by atoms with Gasteiger partial charge in [-0.15, -0.1) is 0 Å². The van der Waals surface area contributed by atoms with E-state index < -0.39 is 0 Å². The third kappa shape index (κ3) is 2.26. The SMILES string of the molecule is CC1OCCC1(C)Nc1nc(Cl)nc2ccccc12. The van der Waals surface area contributed by atoms with E-state index in [1.807, 2.05) is 24.3 Å². The Balaban J connectivity index is 2.05. The van der Waals surface area contributed by atoms with E-state index in [-0.39, 0.29) is 16.9 Å². The summed E-state index contributed by atoms with van der Waals surface area (Å²) in [5, 5.41) is 4.73. The standard InChI is InChI=1S/C14H16ClN3O/c1-9-14(2,7-8-19-9)18-12-10-5-3-4-6-11(10)16-13(15)17-12/h3-6,9H,7-8H2,1-2H3,(H,16,17,18). The van der Waals surface area contributed by atoms with Crippen molar-refractivity contribution in [2.45, 2.75) is 31.9 Å². The number of halogens is 1. The van der Waals surface area contributed by atoms with Crippen LogP contribution in [0, 0.1) is 0 Å². The van der Waals surface area contributed by atoms with E-state index >= 15 is 0 Å². The first-order chi connectivity index (χ1) is 9.08. The molecule has 1 aliphatic rings. The zero-order valence-corrected chi connectivity index (χ0v) is 11.7. The molecule has 0 saturated carbocycles. The molecule has 1 aliphatic heterocycles. The van der Waals surface area contributed by atoms with E-state index in [4.69, 9.17) is 16.3 Å². The molecule has 1 aromatic heterocycles.